The lowest BCUT2D eigenvalue weighted by Crippen LogP contribution is -2.44. The van der Waals surface area contributed by atoms with Gasteiger partial charge in [0.05, 0.1) is 6.54 Å². The van der Waals surface area contributed by atoms with Gasteiger partial charge in [-0.15, -0.1) is 0 Å². The van der Waals surface area contributed by atoms with Gasteiger partial charge in [-0.2, -0.15) is 0 Å². The van der Waals surface area contributed by atoms with Crippen molar-refractivity contribution in [2.75, 3.05) is 25.0 Å². The third-order valence-electron chi connectivity index (χ3n) is 3.40. The SMILES string of the molecule is CN1CCc2cc(CNCC(=O)NC(C)(C)C)ccc21. The Morgan fingerprint density at radius 1 is 1.35 bits per heavy atom. The van der Waals surface area contributed by atoms with E-state index in [1.807, 2.05) is 20.8 Å². The van der Waals surface area contributed by atoms with Crippen molar-refractivity contribution in [2.24, 2.45) is 0 Å². The van der Waals surface area contributed by atoms with Gasteiger partial charge in [-0.1, -0.05) is 12.1 Å². The molecule has 0 atom stereocenters. The molecule has 0 aliphatic carbocycles. The summed E-state index contributed by atoms with van der Waals surface area (Å²) in [4.78, 5) is 14.0. The fourth-order valence-corrected chi connectivity index (χ4v) is 2.51. The zero-order valence-electron chi connectivity index (χ0n) is 12.9. The Morgan fingerprint density at radius 3 is 2.80 bits per heavy atom. The Labute approximate surface area is 121 Å². The van der Waals surface area contributed by atoms with Crippen molar-refractivity contribution in [1.82, 2.24) is 10.6 Å². The van der Waals surface area contributed by atoms with Gasteiger partial charge in [0.1, 0.15) is 0 Å². The van der Waals surface area contributed by atoms with Crippen molar-refractivity contribution in [2.45, 2.75) is 39.3 Å². The molecule has 1 aromatic carbocycles. The fraction of sp³-hybridized carbons (Fsp3) is 0.562. The van der Waals surface area contributed by atoms with Gasteiger partial charge in [-0.05, 0) is 44.4 Å². The maximum Gasteiger partial charge on any atom is 0.234 e. The van der Waals surface area contributed by atoms with E-state index in [0.29, 0.717) is 6.54 Å². The predicted octanol–water partition coefficient (Wildman–Crippen LogP) is 1.68. The van der Waals surface area contributed by atoms with Crippen LogP contribution < -0.4 is 15.5 Å². The number of hydrogen-bond acceptors (Lipinski definition) is 3. The van der Waals surface area contributed by atoms with Gasteiger partial charge in [0, 0.05) is 31.4 Å². The molecule has 1 aromatic rings. The maximum absolute atomic E-state index is 11.7. The van der Waals surface area contributed by atoms with Gasteiger partial charge in [0.25, 0.3) is 0 Å². The predicted molar refractivity (Wildman–Crippen MR) is 83.0 cm³/mol. The Balaban J connectivity index is 1.82. The van der Waals surface area contributed by atoms with E-state index in [-0.39, 0.29) is 11.4 Å². The number of nitrogens with zero attached hydrogens (tertiary/aromatic N) is 1. The molecule has 0 spiro atoms. The number of anilines is 1. The van der Waals surface area contributed by atoms with Crippen LogP contribution in [-0.2, 0) is 17.8 Å². The molecule has 2 N–H and O–H groups in total. The van der Waals surface area contributed by atoms with Crippen LogP contribution in [0.15, 0.2) is 18.2 Å². The van der Waals surface area contributed by atoms with E-state index in [1.54, 1.807) is 0 Å². The minimum atomic E-state index is -0.170. The summed E-state index contributed by atoms with van der Waals surface area (Å²) < 4.78 is 0. The smallest absolute Gasteiger partial charge is 0.234 e. The van der Waals surface area contributed by atoms with Crippen molar-refractivity contribution >= 4 is 11.6 Å². The number of amides is 1. The number of hydrogen-bond donors (Lipinski definition) is 2. The number of likely N-dealkylation sites (N-methyl/N-ethyl adjacent to an activating group) is 1. The van der Waals surface area contributed by atoms with Gasteiger partial charge in [-0.25, -0.2) is 0 Å². The molecule has 1 heterocycles. The zero-order chi connectivity index (χ0) is 14.8. The first kappa shape index (κ1) is 14.9. The lowest BCUT2D eigenvalue weighted by Gasteiger charge is -2.20. The summed E-state index contributed by atoms with van der Waals surface area (Å²) in [5.74, 6) is 0.0402. The summed E-state index contributed by atoms with van der Waals surface area (Å²) in [6, 6.07) is 6.55. The standard InChI is InChI=1S/C16H25N3O/c1-16(2,3)18-15(20)11-17-10-12-5-6-14-13(9-12)7-8-19(14)4/h5-6,9,17H,7-8,10-11H2,1-4H3,(H,18,20). The lowest BCUT2D eigenvalue weighted by atomic mass is 10.1. The molecule has 0 unspecified atom stereocenters. The van der Waals surface area contributed by atoms with Gasteiger partial charge >= 0.3 is 0 Å². The minimum absolute atomic E-state index is 0.0402. The number of benzene rings is 1. The first-order valence-electron chi connectivity index (χ1n) is 7.20. The highest BCUT2D eigenvalue weighted by molar-refractivity contribution is 5.78. The summed E-state index contributed by atoms with van der Waals surface area (Å²) >= 11 is 0. The minimum Gasteiger partial charge on any atom is -0.374 e. The molecule has 0 saturated heterocycles. The summed E-state index contributed by atoms with van der Waals surface area (Å²) in [6.45, 7) is 8.15. The van der Waals surface area contributed by atoms with Crippen LogP contribution in [0.2, 0.25) is 0 Å². The highest BCUT2D eigenvalue weighted by Crippen LogP contribution is 2.27. The third-order valence-corrected chi connectivity index (χ3v) is 3.40. The van der Waals surface area contributed by atoms with Gasteiger partial charge in [-0.3, -0.25) is 4.79 Å². The van der Waals surface area contributed by atoms with Crippen LogP contribution in [0, 0.1) is 0 Å². The summed E-state index contributed by atoms with van der Waals surface area (Å²) in [6.07, 6.45) is 1.12. The second kappa shape index (κ2) is 5.83. The van der Waals surface area contributed by atoms with Crippen LogP contribution in [0.1, 0.15) is 31.9 Å². The van der Waals surface area contributed by atoms with E-state index < -0.39 is 0 Å². The summed E-state index contributed by atoms with van der Waals surface area (Å²) in [5.41, 5.74) is 3.81. The zero-order valence-corrected chi connectivity index (χ0v) is 12.9. The Hall–Kier alpha value is -1.55. The molecule has 0 saturated carbocycles. The molecular weight excluding hydrogens is 250 g/mol. The van der Waals surface area contributed by atoms with Gasteiger partial charge in [0.15, 0.2) is 0 Å². The van der Waals surface area contributed by atoms with Crippen molar-refractivity contribution < 1.29 is 4.79 Å². The molecular formula is C16H25N3O. The maximum atomic E-state index is 11.7. The third kappa shape index (κ3) is 3.97. The van der Waals surface area contributed by atoms with E-state index in [4.69, 9.17) is 0 Å². The van der Waals surface area contributed by atoms with Crippen molar-refractivity contribution in [3.05, 3.63) is 29.3 Å². The molecule has 1 amide bonds. The molecule has 1 aliphatic heterocycles. The Kier molecular flexibility index (Phi) is 4.33. The van der Waals surface area contributed by atoms with E-state index in [2.05, 4.69) is 40.8 Å². The number of rotatable bonds is 4. The van der Waals surface area contributed by atoms with Crippen molar-refractivity contribution in [3.63, 3.8) is 0 Å². The van der Waals surface area contributed by atoms with E-state index in [1.165, 1.54) is 16.8 Å². The first-order chi connectivity index (χ1) is 9.35. The van der Waals surface area contributed by atoms with Crippen LogP contribution in [-0.4, -0.2) is 31.6 Å². The molecule has 0 bridgehead atoms. The molecule has 4 heteroatoms. The lowest BCUT2D eigenvalue weighted by molar-refractivity contribution is -0.121. The second-order valence-corrected chi connectivity index (χ2v) is 6.54. The van der Waals surface area contributed by atoms with Crippen LogP contribution in [0.25, 0.3) is 0 Å². The molecule has 1 aliphatic rings. The number of nitrogens with one attached hydrogen (secondary N) is 2. The monoisotopic (exact) mass is 275 g/mol. The highest BCUT2D eigenvalue weighted by atomic mass is 16.2. The normalized spacial score (nSPS) is 14.3. The highest BCUT2D eigenvalue weighted by Gasteiger charge is 2.16. The van der Waals surface area contributed by atoms with Crippen LogP contribution in [0.4, 0.5) is 5.69 Å². The van der Waals surface area contributed by atoms with Crippen LogP contribution in [0.3, 0.4) is 0 Å². The van der Waals surface area contributed by atoms with Crippen molar-refractivity contribution in [1.29, 1.82) is 0 Å². The van der Waals surface area contributed by atoms with Crippen molar-refractivity contribution in [3.8, 4) is 0 Å². The van der Waals surface area contributed by atoms with Gasteiger partial charge in [0.2, 0.25) is 5.91 Å². The topological polar surface area (TPSA) is 44.4 Å². The number of carbonyl (C=O) groups is 1. The Morgan fingerprint density at radius 2 is 2.10 bits per heavy atom. The molecule has 4 nitrogen and oxygen atoms in total. The number of carbonyl (C=O) groups excluding carboxylic acids is 1. The first-order valence-corrected chi connectivity index (χ1v) is 7.20. The number of fused-ring (bicyclic) bond motifs is 1. The van der Waals surface area contributed by atoms with E-state index in [0.717, 1.165) is 19.5 Å². The Bertz CT molecular complexity index is 491. The van der Waals surface area contributed by atoms with E-state index >= 15 is 0 Å². The fourth-order valence-electron chi connectivity index (χ4n) is 2.51. The average molecular weight is 275 g/mol. The second-order valence-electron chi connectivity index (χ2n) is 6.54. The molecule has 2 rings (SSSR count). The largest absolute Gasteiger partial charge is 0.374 e. The van der Waals surface area contributed by atoms with Crippen LogP contribution in [0.5, 0.6) is 0 Å². The van der Waals surface area contributed by atoms with E-state index in [9.17, 15) is 4.79 Å². The molecule has 0 fully saturated rings. The molecule has 0 radical (unpaired) electrons. The van der Waals surface area contributed by atoms with Gasteiger partial charge < -0.3 is 15.5 Å². The molecule has 0 aromatic heterocycles. The molecule has 20 heavy (non-hydrogen) atoms. The summed E-state index contributed by atoms with van der Waals surface area (Å²) in [5, 5.41) is 6.15. The quantitative estimate of drug-likeness (QED) is 0.879. The summed E-state index contributed by atoms with van der Waals surface area (Å²) in [7, 11) is 2.13. The van der Waals surface area contributed by atoms with Crippen LogP contribution >= 0.6 is 0 Å². The average Bonchev–Trinajstić information content (AvgIpc) is 2.68. The molecule has 110 valence electrons.